The summed E-state index contributed by atoms with van der Waals surface area (Å²) in [6, 6.07) is 0. The zero-order chi connectivity index (χ0) is 13.8. The van der Waals surface area contributed by atoms with E-state index in [-0.39, 0.29) is 38.4 Å². The summed E-state index contributed by atoms with van der Waals surface area (Å²) in [7, 11) is 0. The molecule has 1 rings (SSSR count). The third-order valence-electron chi connectivity index (χ3n) is 3.15. The highest BCUT2D eigenvalue weighted by Crippen LogP contribution is 2.38. The molecule has 1 amide bonds. The van der Waals surface area contributed by atoms with Crippen LogP contribution in [0.2, 0.25) is 0 Å². The number of hydrogen-bond acceptors (Lipinski definition) is 3. The van der Waals surface area contributed by atoms with E-state index in [0.717, 1.165) is 6.42 Å². The largest absolute Gasteiger partial charge is 0.417 e. The number of nitrogens with one attached hydrogen (secondary N) is 1. The predicted octanol–water partition coefficient (Wildman–Crippen LogP) is 0.902. The minimum absolute atomic E-state index is 0.0789. The van der Waals surface area contributed by atoms with Gasteiger partial charge in [-0.1, -0.05) is 6.92 Å². The quantitative estimate of drug-likeness (QED) is 0.796. The molecule has 0 radical (unpaired) electrons. The van der Waals surface area contributed by atoms with Crippen molar-refractivity contribution < 1.29 is 23.1 Å². The highest BCUT2D eigenvalue weighted by atomic mass is 19.4. The Morgan fingerprint density at radius 1 is 1.39 bits per heavy atom. The molecule has 0 saturated carbocycles. The van der Waals surface area contributed by atoms with Crippen molar-refractivity contribution in [3.8, 4) is 0 Å². The molecule has 1 fully saturated rings. The van der Waals surface area contributed by atoms with Crippen LogP contribution in [-0.2, 0) is 4.79 Å². The van der Waals surface area contributed by atoms with Gasteiger partial charge in [-0.3, -0.25) is 9.69 Å². The third-order valence-corrected chi connectivity index (χ3v) is 3.15. The van der Waals surface area contributed by atoms with Crippen LogP contribution >= 0.6 is 0 Å². The van der Waals surface area contributed by atoms with Crippen LogP contribution in [0.3, 0.4) is 0 Å². The lowest BCUT2D eigenvalue weighted by atomic mass is 9.91. The highest BCUT2D eigenvalue weighted by molar-refractivity contribution is 5.77. The monoisotopic (exact) mass is 268 g/mol. The Balaban J connectivity index is 2.38. The lowest BCUT2D eigenvalue weighted by Gasteiger charge is -2.38. The summed E-state index contributed by atoms with van der Waals surface area (Å²) < 4.78 is 37.6. The summed E-state index contributed by atoms with van der Waals surface area (Å²) in [5.74, 6) is -0.186. The number of nitrogens with zero attached hydrogens (tertiary/aromatic N) is 1. The van der Waals surface area contributed by atoms with Gasteiger partial charge in [-0.25, -0.2) is 0 Å². The van der Waals surface area contributed by atoms with E-state index in [0.29, 0.717) is 6.54 Å². The van der Waals surface area contributed by atoms with Crippen LogP contribution in [-0.4, -0.2) is 53.9 Å². The van der Waals surface area contributed by atoms with E-state index in [9.17, 15) is 23.1 Å². The van der Waals surface area contributed by atoms with Gasteiger partial charge in [-0.15, -0.1) is 0 Å². The van der Waals surface area contributed by atoms with Crippen molar-refractivity contribution in [2.45, 2.75) is 38.0 Å². The van der Waals surface area contributed by atoms with Crippen molar-refractivity contribution in [1.82, 2.24) is 10.2 Å². The fourth-order valence-electron chi connectivity index (χ4n) is 1.89. The first-order valence-corrected chi connectivity index (χ1v) is 6.06. The minimum Gasteiger partial charge on any atom is -0.380 e. The molecule has 106 valence electrons. The molecule has 0 aromatic carbocycles. The number of piperidine rings is 1. The first kappa shape index (κ1) is 15.2. The lowest BCUT2D eigenvalue weighted by molar-refractivity contribution is -0.272. The van der Waals surface area contributed by atoms with Gasteiger partial charge in [0.25, 0.3) is 0 Å². The van der Waals surface area contributed by atoms with E-state index in [1.165, 1.54) is 0 Å². The van der Waals surface area contributed by atoms with Crippen molar-refractivity contribution in [3.63, 3.8) is 0 Å². The van der Waals surface area contributed by atoms with Crippen molar-refractivity contribution >= 4 is 5.91 Å². The van der Waals surface area contributed by atoms with E-state index in [4.69, 9.17) is 0 Å². The van der Waals surface area contributed by atoms with Crippen molar-refractivity contribution in [1.29, 1.82) is 0 Å². The Hall–Kier alpha value is -0.820. The number of halogens is 3. The molecule has 18 heavy (non-hydrogen) atoms. The molecule has 7 heteroatoms. The normalized spacial score (nSPS) is 20.7. The second-order valence-corrected chi connectivity index (χ2v) is 4.66. The molecule has 0 aromatic rings. The number of amides is 1. The summed E-state index contributed by atoms with van der Waals surface area (Å²) in [4.78, 5) is 13.0. The topological polar surface area (TPSA) is 52.6 Å². The van der Waals surface area contributed by atoms with Gasteiger partial charge in [0.05, 0.1) is 6.54 Å². The molecule has 1 heterocycles. The van der Waals surface area contributed by atoms with Gasteiger partial charge in [0.2, 0.25) is 5.91 Å². The summed E-state index contributed by atoms with van der Waals surface area (Å²) >= 11 is 0. The molecule has 0 spiro atoms. The van der Waals surface area contributed by atoms with Crippen LogP contribution in [0.4, 0.5) is 13.2 Å². The Kier molecular flexibility index (Phi) is 4.98. The summed E-state index contributed by atoms with van der Waals surface area (Å²) in [5.41, 5.74) is -2.59. The predicted molar refractivity (Wildman–Crippen MR) is 60.0 cm³/mol. The van der Waals surface area contributed by atoms with Crippen LogP contribution < -0.4 is 5.32 Å². The van der Waals surface area contributed by atoms with E-state index >= 15 is 0 Å². The van der Waals surface area contributed by atoms with Crippen LogP contribution in [0.15, 0.2) is 0 Å². The SMILES string of the molecule is CCCNC(=O)CN1CCC(O)(C(F)(F)F)CC1. The van der Waals surface area contributed by atoms with Crippen molar-refractivity contribution in [3.05, 3.63) is 0 Å². The molecule has 0 atom stereocenters. The van der Waals surface area contributed by atoms with E-state index in [2.05, 4.69) is 5.32 Å². The number of carbonyl (C=O) groups excluding carboxylic acids is 1. The zero-order valence-corrected chi connectivity index (χ0v) is 10.4. The number of hydrogen-bond donors (Lipinski definition) is 2. The van der Waals surface area contributed by atoms with Gasteiger partial charge in [0.15, 0.2) is 5.60 Å². The van der Waals surface area contributed by atoms with Gasteiger partial charge in [0.1, 0.15) is 0 Å². The van der Waals surface area contributed by atoms with Gasteiger partial charge in [-0.2, -0.15) is 13.2 Å². The van der Waals surface area contributed by atoms with E-state index in [1.807, 2.05) is 6.92 Å². The number of carbonyl (C=O) groups is 1. The Labute approximate surface area is 104 Å². The van der Waals surface area contributed by atoms with E-state index < -0.39 is 11.8 Å². The average Bonchev–Trinajstić information content (AvgIpc) is 2.28. The van der Waals surface area contributed by atoms with Crippen LogP contribution in [0.5, 0.6) is 0 Å². The third kappa shape index (κ3) is 3.84. The fourth-order valence-corrected chi connectivity index (χ4v) is 1.89. The zero-order valence-electron chi connectivity index (χ0n) is 10.4. The standard InChI is InChI=1S/C11H19F3N2O2/c1-2-5-15-9(17)8-16-6-3-10(18,4-7-16)11(12,13)14/h18H,2-8H2,1H3,(H,15,17). The minimum atomic E-state index is -4.59. The summed E-state index contributed by atoms with van der Waals surface area (Å²) in [6.45, 7) is 2.74. The number of aliphatic hydroxyl groups is 1. The Morgan fingerprint density at radius 2 is 1.94 bits per heavy atom. The summed E-state index contributed by atoms with van der Waals surface area (Å²) in [6.07, 6.45) is -4.53. The molecule has 0 aromatic heterocycles. The maximum Gasteiger partial charge on any atom is 0.417 e. The van der Waals surface area contributed by atoms with Gasteiger partial charge in [0, 0.05) is 19.6 Å². The Morgan fingerprint density at radius 3 is 2.39 bits per heavy atom. The van der Waals surface area contributed by atoms with Gasteiger partial charge >= 0.3 is 6.18 Å². The molecular formula is C11H19F3N2O2. The molecule has 4 nitrogen and oxygen atoms in total. The molecule has 0 unspecified atom stereocenters. The van der Waals surface area contributed by atoms with E-state index in [1.54, 1.807) is 4.90 Å². The van der Waals surface area contributed by atoms with Gasteiger partial charge < -0.3 is 10.4 Å². The second-order valence-electron chi connectivity index (χ2n) is 4.66. The molecule has 1 aliphatic rings. The van der Waals surface area contributed by atoms with Crippen molar-refractivity contribution in [2.75, 3.05) is 26.2 Å². The molecule has 2 N–H and O–H groups in total. The molecule has 1 aliphatic heterocycles. The van der Waals surface area contributed by atoms with Crippen molar-refractivity contribution in [2.24, 2.45) is 0 Å². The van der Waals surface area contributed by atoms with Crippen LogP contribution in [0, 0.1) is 0 Å². The summed E-state index contributed by atoms with van der Waals surface area (Å²) in [5, 5.41) is 12.1. The fraction of sp³-hybridized carbons (Fsp3) is 0.909. The first-order chi connectivity index (χ1) is 8.28. The van der Waals surface area contributed by atoms with Crippen LogP contribution in [0.1, 0.15) is 26.2 Å². The number of likely N-dealkylation sites (tertiary alicyclic amines) is 1. The second kappa shape index (κ2) is 5.88. The first-order valence-electron chi connectivity index (χ1n) is 6.06. The molecule has 1 saturated heterocycles. The Bertz CT molecular complexity index is 287. The molecule has 0 aliphatic carbocycles. The smallest absolute Gasteiger partial charge is 0.380 e. The maximum atomic E-state index is 12.5. The number of rotatable bonds is 4. The molecule has 0 bridgehead atoms. The number of alkyl halides is 3. The average molecular weight is 268 g/mol. The molecular weight excluding hydrogens is 249 g/mol. The van der Waals surface area contributed by atoms with Crippen LogP contribution in [0.25, 0.3) is 0 Å². The highest BCUT2D eigenvalue weighted by Gasteiger charge is 2.54. The maximum absolute atomic E-state index is 12.5. The lowest BCUT2D eigenvalue weighted by Crippen LogP contribution is -2.54. The van der Waals surface area contributed by atoms with Gasteiger partial charge in [-0.05, 0) is 19.3 Å².